The molecule has 6 aromatic rings. The van der Waals surface area contributed by atoms with Crippen LogP contribution < -0.4 is 0 Å². The van der Waals surface area contributed by atoms with E-state index in [1.165, 1.54) is 12.1 Å². The number of phenols is 4. The van der Waals surface area contributed by atoms with Crippen LogP contribution in [0.3, 0.4) is 0 Å². The first-order chi connectivity index (χ1) is 17.0. The molecule has 0 fully saturated rings. The summed E-state index contributed by atoms with van der Waals surface area (Å²) in [5.41, 5.74) is 1.73. The standard InChI is InChI=1S/C31H22O4/c32-25-16-20-9-3-5-11-23(20)28(30(25)34)27(22-14-13-18-7-1-2-8-19(18)15-22)29-24-12-6-4-10-21(24)17-26(33)31(29)35/h1-17,27,32-35H. The van der Waals surface area contributed by atoms with Crippen LogP contribution in [0.15, 0.2) is 103 Å². The molecule has 4 N–H and O–H groups in total. The molecule has 170 valence electrons. The Morgan fingerprint density at radius 3 is 1.43 bits per heavy atom. The van der Waals surface area contributed by atoms with Gasteiger partial charge in [0.05, 0.1) is 0 Å². The Hall–Kier alpha value is -4.70. The van der Waals surface area contributed by atoms with E-state index >= 15 is 0 Å². The number of fused-ring (bicyclic) bond motifs is 3. The first-order valence-corrected chi connectivity index (χ1v) is 11.4. The van der Waals surface area contributed by atoms with Crippen molar-refractivity contribution in [2.75, 3.05) is 0 Å². The van der Waals surface area contributed by atoms with E-state index in [9.17, 15) is 20.4 Å². The van der Waals surface area contributed by atoms with Crippen molar-refractivity contribution in [2.24, 2.45) is 0 Å². The topological polar surface area (TPSA) is 80.9 Å². The maximum absolute atomic E-state index is 11.2. The maximum Gasteiger partial charge on any atom is 0.162 e. The lowest BCUT2D eigenvalue weighted by molar-refractivity contribution is 0.395. The second kappa shape index (κ2) is 7.96. The molecule has 0 bridgehead atoms. The van der Waals surface area contributed by atoms with Gasteiger partial charge in [0.25, 0.3) is 0 Å². The monoisotopic (exact) mass is 458 g/mol. The first-order valence-electron chi connectivity index (χ1n) is 11.4. The Morgan fingerprint density at radius 1 is 0.429 bits per heavy atom. The van der Waals surface area contributed by atoms with Gasteiger partial charge >= 0.3 is 0 Å². The largest absolute Gasteiger partial charge is 0.504 e. The lowest BCUT2D eigenvalue weighted by Gasteiger charge is -2.25. The highest BCUT2D eigenvalue weighted by molar-refractivity contribution is 5.96. The van der Waals surface area contributed by atoms with E-state index in [-0.39, 0.29) is 23.0 Å². The molecule has 0 unspecified atom stereocenters. The number of aromatic hydroxyl groups is 4. The minimum absolute atomic E-state index is 0.242. The van der Waals surface area contributed by atoms with Gasteiger partial charge in [-0.25, -0.2) is 0 Å². The fraction of sp³-hybridized carbons (Fsp3) is 0.0323. The average molecular weight is 459 g/mol. The zero-order valence-corrected chi connectivity index (χ0v) is 18.7. The highest BCUT2D eigenvalue weighted by atomic mass is 16.3. The van der Waals surface area contributed by atoms with Crippen molar-refractivity contribution in [2.45, 2.75) is 5.92 Å². The van der Waals surface area contributed by atoms with Gasteiger partial charge in [-0.3, -0.25) is 0 Å². The molecule has 4 nitrogen and oxygen atoms in total. The summed E-state index contributed by atoms with van der Waals surface area (Å²) in [6, 6.07) is 32.0. The van der Waals surface area contributed by atoms with Gasteiger partial charge in [-0.15, -0.1) is 0 Å². The molecule has 0 saturated carbocycles. The van der Waals surface area contributed by atoms with Gasteiger partial charge in [0, 0.05) is 17.0 Å². The van der Waals surface area contributed by atoms with Crippen LogP contribution in [0.25, 0.3) is 32.3 Å². The van der Waals surface area contributed by atoms with Crippen LogP contribution in [0, 0.1) is 0 Å². The van der Waals surface area contributed by atoms with Crippen molar-refractivity contribution in [3.05, 3.63) is 120 Å². The normalized spacial score (nSPS) is 11.6. The fourth-order valence-corrected chi connectivity index (χ4v) is 5.15. The molecular weight excluding hydrogens is 436 g/mol. The van der Waals surface area contributed by atoms with E-state index in [0.717, 1.165) is 37.9 Å². The van der Waals surface area contributed by atoms with Gasteiger partial charge in [0.2, 0.25) is 0 Å². The minimum Gasteiger partial charge on any atom is -0.504 e. The molecule has 0 saturated heterocycles. The molecule has 0 aliphatic heterocycles. The minimum atomic E-state index is -0.686. The molecule has 0 spiro atoms. The van der Waals surface area contributed by atoms with E-state index in [2.05, 4.69) is 0 Å². The lowest BCUT2D eigenvalue weighted by Crippen LogP contribution is -2.07. The van der Waals surface area contributed by atoms with Crippen LogP contribution >= 0.6 is 0 Å². The number of phenolic OH excluding ortho intramolecular Hbond substituents is 4. The maximum atomic E-state index is 11.2. The molecule has 0 radical (unpaired) electrons. The fourth-order valence-electron chi connectivity index (χ4n) is 5.15. The van der Waals surface area contributed by atoms with Gasteiger partial charge in [-0.2, -0.15) is 0 Å². The summed E-state index contributed by atoms with van der Waals surface area (Å²) in [5.74, 6) is -1.68. The number of benzene rings is 6. The quantitative estimate of drug-likeness (QED) is 0.168. The van der Waals surface area contributed by atoms with Crippen LogP contribution in [0.1, 0.15) is 22.6 Å². The summed E-state index contributed by atoms with van der Waals surface area (Å²) >= 11 is 0. The van der Waals surface area contributed by atoms with Crippen molar-refractivity contribution in [1.82, 2.24) is 0 Å². The SMILES string of the molecule is Oc1cc2ccccc2c(C(c2ccc3ccccc3c2)c2c(O)c(O)cc3ccccc23)c1O. The first kappa shape index (κ1) is 20.9. The summed E-state index contributed by atoms with van der Waals surface area (Å²) < 4.78 is 0. The Kier molecular flexibility index (Phi) is 4.75. The second-order valence-corrected chi connectivity index (χ2v) is 8.80. The van der Waals surface area contributed by atoms with Crippen LogP contribution in [0.5, 0.6) is 23.0 Å². The van der Waals surface area contributed by atoms with E-state index < -0.39 is 5.92 Å². The highest BCUT2D eigenvalue weighted by Crippen LogP contribution is 2.51. The van der Waals surface area contributed by atoms with E-state index in [4.69, 9.17) is 0 Å². The molecular formula is C31H22O4. The van der Waals surface area contributed by atoms with Crippen molar-refractivity contribution < 1.29 is 20.4 Å². The van der Waals surface area contributed by atoms with Crippen LogP contribution in [0.2, 0.25) is 0 Å². The summed E-state index contributed by atoms with van der Waals surface area (Å²) in [5, 5.41) is 48.9. The Morgan fingerprint density at radius 2 is 0.886 bits per heavy atom. The number of hydrogen-bond acceptors (Lipinski definition) is 4. The van der Waals surface area contributed by atoms with Crippen molar-refractivity contribution in [3.8, 4) is 23.0 Å². The van der Waals surface area contributed by atoms with Gasteiger partial charge in [-0.1, -0.05) is 91.0 Å². The van der Waals surface area contributed by atoms with Crippen LogP contribution in [-0.4, -0.2) is 20.4 Å². The molecule has 0 aliphatic carbocycles. The smallest absolute Gasteiger partial charge is 0.162 e. The number of hydrogen-bond donors (Lipinski definition) is 4. The summed E-state index contributed by atoms with van der Waals surface area (Å²) in [7, 11) is 0. The molecule has 0 amide bonds. The summed E-state index contributed by atoms with van der Waals surface area (Å²) in [6.45, 7) is 0. The Balaban J connectivity index is 1.79. The van der Waals surface area contributed by atoms with Crippen molar-refractivity contribution >= 4 is 32.3 Å². The van der Waals surface area contributed by atoms with E-state index in [1.54, 1.807) is 0 Å². The van der Waals surface area contributed by atoms with E-state index in [1.807, 2.05) is 91.0 Å². The molecule has 35 heavy (non-hydrogen) atoms. The molecule has 0 aliphatic rings. The lowest BCUT2D eigenvalue weighted by atomic mass is 9.79. The highest BCUT2D eigenvalue weighted by Gasteiger charge is 2.30. The predicted octanol–water partition coefficient (Wildman–Crippen LogP) is 7.15. The summed E-state index contributed by atoms with van der Waals surface area (Å²) in [6.07, 6.45) is 0. The third kappa shape index (κ3) is 3.30. The number of rotatable bonds is 3. The molecule has 6 aromatic carbocycles. The van der Waals surface area contributed by atoms with E-state index in [0.29, 0.717) is 11.1 Å². The van der Waals surface area contributed by atoms with Gasteiger partial charge in [-0.05, 0) is 50.0 Å². The molecule has 0 aromatic heterocycles. The average Bonchev–Trinajstić information content (AvgIpc) is 2.88. The molecule has 4 heteroatoms. The predicted molar refractivity (Wildman–Crippen MR) is 139 cm³/mol. The Bertz CT molecular complexity index is 1660. The third-order valence-corrected chi connectivity index (χ3v) is 6.77. The Labute approximate surface area is 201 Å². The molecule has 0 heterocycles. The van der Waals surface area contributed by atoms with Crippen molar-refractivity contribution in [1.29, 1.82) is 0 Å². The van der Waals surface area contributed by atoms with Crippen LogP contribution in [-0.2, 0) is 0 Å². The van der Waals surface area contributed by atoms with Gasteiger partial charge in [0.15, 0.2) is 23.0 Å². The van der Waals surface area contributed by atoms with Crippen molar-refractivity contribution in [3.63, 3.8) is 0 Å². The molecule has 6 rings (SSSR count). The zero-order chi connectivity index (χ0) is 24.1. The molecule has 0 atom stereocenters. The van der Waals surface area contributed by atoms with Gasteiger partial charge < -0.3 is 20.4 Å². The van der Waals surface area contributed by atoms with Crippen LogP contribution in [0.4, 0.5) is 0 Å². The van der Waals surface area contributed by atoms with Gasteiger partial charge in [0.1, 0.15) is 0 Å². The third-order valence-electron chi connectivity index (χ3n) is 6.77. The second-order valence-electron chi connectivity index (χ2n) is 8.80. The summed E-state index contributed by atoms with van der Waals surface area (Å²) in [4.78, 5) is 0. The zero-order valence-electron chi connectivity index (χ0n) is 18.7.